The van der Waals surface area contributed by atoms with Gasteiger partial charge in [-0.15, -0.1) is 10.2 Å². The van der Waals surface area contributed by atoms with Gasteiger partial charge in [0.15, 0.2) is 0 Å². The second kappa shape index (κ2) is 7.01. The minimum atomic E-state index is -0.0911. The molecule has 0 unspecified atom stereocenters. The lowest BCUT2D eigenvalue weighted by Gasteiger charge is -2.16. The van der Waals surface area contributed by atoms with Crippen molar-refractivity contribution in [1.29, 1.82) is 0 Å². The van der Waals surface area contributed by atoms with Crippen LogP contribution < -0.4 is 5.32 Å². The summed E-state index contributed by atoms with van der Waals surface area (Å²) >= 11 is 1.47. The summed E-state index contributed by atoms with van der Waals surface area (Å²) in [6, 6.07) is 6.04. The number of aromatic nitrogens is 2. The molecule has 0 spiro atoms. The fraction of sp³-hybridized carbons (Fsp3) is 0.471. The lowest BCUT2D eigenvalue weighted by atomic mass is 9.90. The molecule has 0 aliphatic heterocycles. The SMILES string of the molecule is CCCCc1nnc(NC(=O)c2ccc3c(c2)CCCC3)s1. The first-order valence-electron chi connectivity index (χ1n) is 8.02. The molecule has 3 rings (SSSR count). The number of fused-ring (bicyclic) bond motifs is 1. The lowest BCUT2D eigenvalue weighted by molar-refractivity contribution is 0.102. The van der Waals surface area contributed by atoms with Crippen molar-refractivity contribution in [2.75, 3.05) is 5.32 Å². The second-order valence-electron chi connectivity index (χ2n) is 5.75. The number of amides is 1. The first-order chi connectivity index (χ1) is 10.8. The monoisotopic (exact) mass is 315 g/mol. The van der Waals surface area contributed by atoms with Crippen LogP contribution in [-0.4, -0.2) is 16.1 Å². The molecule has 0 atom stereocenters. The van der Waals surface area contributed by atoms with E-state index in [2.05, 4.69) is 28.5 Å². The number of nitrogens with zero attached hydrogens (tertiary/aromatic N) is 2. The van der Waals surface area contributed by atoms with Gasteiger partial charge < -0.3 is 0 Å². The van der Waals surface area contributed by atoms with E-state index in [4.69, 9.17) is 0 Å². The highest BCUT2D eigenvalue weighted by Crippen LogP contribution is 2.23. The van der Waals surface area contributed by atoms with Gasteiger partial charge >= 0.3 is 0 Å². The van der Waals surface area contributed by atoms with Crippen molar-refractivity contribution in [3.8, 4) is 0 Å². The van der Waals surface area contributed by atoms with Crippen molar-refractivity contribution in [3.63, 3.8) is 0 Å². The fourth-order valence-corrected chi connectivity index (χ4v) is 3.55. The van der Waals surface area contributed by atoms with Gasteiger partial charge in [0.1, 0.15) is 5.01 Å². The molecular weight excluding hydrogens is 294 g/mol. The Hall–Kier alpha value is -1.75. The van der Waals surface area contributed by atoms with E-state index in [1.807, 2.05) is 12.1 Å². The molecule has 1 amide bonds. The molecule has 0 radical (unpaired) electrons. The summed E-state index contributed by atoms with van der Waals surface area (Å²) in [5.74, 6) is -0.0911. The molecule has 1 N–H and O–H groups in total. The maximum atomic E-state index is 12.4. The van der Waals surface area contributed by atoms with Gasteiger partial charge in [0.25, 0.3) is 5.91 Å². The van der Waals surface area contributed by atoms with Crippen LogP contribution in [0.3, 0.4) is 0 Å². The minimum absolute atomic E-state index is 0.0911. The number of benzene rings is 1. The van der Waals surface area contributed by atoms with Crippen molar-refractivity contribution >= 4 is 22.4 Å². The van der Waals surface area contributed by atoms with Gasteiger partial charge in [0.05, 0.1) is 0 Å². The number of anilines is 1. The Kier molecular flexibility index (Phi) is 4.83. The first kappa shape index (κ1) is 15.2. The van der Waals surface area contributed by atoms with Crippen molar-refractivity contribution in [3.05, 3.63) is 39.9 Å². The van der Waals surface area contributed by atoms with Gasteiger partial charge in [-0.3, -0.25) is 10.1 Å². The number of unbranched alkanes of at least 4 members (excludes halogenated alkanes) is 1. The van der Waals surface area contributed by atoms with E-state index < -0.39 is 0 Å². The highest BCUT2D eigenvalue weighted by Gasteiger charge is 2.14. The highest BCUT2D eigenvalue weighted by molar-refractivity contribution is 7.15. The van der Waals surface area contributed by atoms with Gasteiger partial charge in [-0.05, 0) is 55.4 Å². The van der Waals surface area contributed by atoms with E-state index in [1.54, 1.807) is 0 Å². The zero-order chi connectivity index (χ0) is 15.4. The summed E-state index contributed by atoms with van der Waals surface area (Å²) < 4.78 is 0. The second-order valence-corrected chi connectivity index (χ2v) is 6.81. The normalized spacial score (nSPS) is 13.7. The van der Waals surface area contributed by atoms with E-state index >= 15 is 0 Å². The molecule has 2 aromatic rings. The van der Waals surface area contributed by atoms with Crippen LogP contribution in [-0.2, 0) is 19.3 Å². The highest BCUT2D eigenvalue weighted by atomic mass is 32.1. The summed E-state index contributed by atoms with van der Waals surface area (Å²) in [4.78, 5) is 12.4. The van der Waals surface area contributed by atoms with Crippen LogP contribution in [0, 0.1) is 0 Å². The molecular formula is C17H21N3OS. The maximum absolute atomic E-state index is 12.4. The topological polar surface area (TPSA) is 54.9 Å². The van der Waals surface area contributed by atoms with E-state index in [1.165, 1.54) is 35.3 Å². The third-order valence-corrected chi connectivity index (χ3v) is 4.94. The lowest BCUT2D eigenvalue weighted by Crippen LogP contribution is -2.13. The molecule has 5 heteroatoms. The molecule has 0 saturated heterocycles. The van der Waals surface area contributed by atoms with Crippen LogP contribution >= 0.6 is 11.3 Å². The number of carbonyl (C=O) groups is 1. The summed E-state index contributed by atoms with van der Waals surface area (Å²) in [6.07, 6.45) is 7.86. The van der Waals surface area contributed by atoms with Crippen LogP contribution in [0.4, 0.5) is 5.13 Å². The molecule has 1 aromatic heterocycles. The first-order valence-corrected chi connectivity index (χ1v) is 8.83. The van der Waals surface area contributed by atoms with Crippen LogP contribution in [0.1, 0.15) is 59.1 Å². The molecule has 1 aromatic carbocycles. The molecule has 1 aliphatic rings. The van der Waals surface area contributed by atoms with E-state index in [0.717, 1.165) is 37.1 Å². The van der Waals surface area contributed by atoms with E-state index in [9.17, 15) is 4.79 Å². The van der Waals surface area contributed by atoms with Crippen LogP contribution in [0.2, 0.25) is 0 Å². The van der Waals surface area contributed by atoms with Crippen LogP contribution in [0.15, 0.2) is 18.2 Å². The Bertz CT molecular complexity index is 666. The van der Waals surface area contributed by atoms with E-state index in [0.29, 0.717) is 10.7 Å². The minimum Gasteiger partial charge on any atom is -0.296 e. The molecule has 1 aliphatic carbocycles. The Labute approximate surface area is 135 Å². The zero-order valence-corrected chi connectivity index (χ0v) is 13.7. The number of rotatable bonds is 5. The summed E-state index contributed by atoms with van der Waals surface area (Å²) in [5, 5.41) is 12.6. The Morgan fingerprint density at radius 3 is 2.86 bits per heavy atom. The summed E-state index contributed by atoms with van der Waals surface area (Å²) in [7, 11) is 0. The number of hydrogen-bond donors (Lipinski definition) is 1. The molecule has 116 valence electrons. The smallest absolute Gasteiger partial charge is 0.257 e. The zero-order valence-electron chi connectivity index (χ0n) is 12.9. The van der Waals surface area contributed by atoms with Gasteiger partial charge in [0.2, 0.25) is 5.13 Å². The predicted molar refractivity (Wildman–Crippen MR) is 89.6 cm³/mol. The number of aryl methyl sites for hydroxylation is 3. The Balaban J connectivity index is 1.67. The quantitative estimate of drug-likeness (QED) is 0.907. The Morgan fingerprint density at radius 2 is 2.05 bits per heavy atom. The van der Waals surface area contributed by atoms with Crippen LogP contribution in [0.5, 0.6) is 0 Å². The van der Waals surface area contributed by atoms with Gasteiger partial charge in [-0.2, -0.15) is 0 Å². The summed E-state index contributed by atoms with van der Waals surface area (Å²) in [6.45, 7) is 2.15. The third-order valence-electron chi connectivity index (χ3n) is 4.04. The predicted octanol–water partition coefficient (Wildman–Crippen LogP) is 4.01. The molecule has 0 fully saturated rings. The number of nitrogens with one attached hydrogen (secondary N) is 1. The van der Waals surface area contributed by atoms with Crippen molar-refractivity contribution in [1.82, 2.24) is 10.2 Å². The van der Waals surface area contributed by atoms with Gasteiger partial charge in [-0.25, -0.2) is 0 Å². The largest absolute Gasteiger partial charge is 0.296 e. The van der Waals surface area contributed by atoms with Crippen molar-refractivity contribution in [2.24, 2.45) is 0 Å². The standard InChI is InChI=1S/C17H21N3OS/c1-2-3-8-15-19-20-17(22-15)18-16(21)14-10-9-12-6-4-5-7-13(12)11-14/h9-11H,2-8H2,1H3,(H,18,20,21). The Morgan fingerprint density at radius 1 is 1.23 bits per heavy atom. The third kappa shape index (κ3) is 3.53. The molecule has 0 saturated carbocycles. The molecule has 22 heavy (non-hydrogen) atoms. The maximum Gasteiger partial charge on any atom is 0.257 e. The molecule has 0 bridgehead atoms. The van der Waals surface area contributed by atoms with E-state index in [-0.39, 0.29) is 5.91 Å². The van der Waals surface area contributed by atoms with Crippen LogP contribution in [0.25, 0.3) is 0 Å². The van der Waals surface area contributed by atoms with Gasteiger partial charge in [0, 0.05) is 12.0 Å². The summed E-state index contributed by atoms with van der Waals surface area (Å²) in [5.41, 5.74) is 3.42. The molecule has 1 heterocycles. The number of hydrogen-bond acceptors (Lipinski definition) is 4. The number of carbonyl (C=O) groups excluding carboxylic acids is 1. The molecule has 4 nitrogen and oxygen atoms in total. The fourth-order valence-electron chi connectivity index (χ4n) is 2.78. The average molecular weight is 315 g/mol. The van der Waals surface area contributed by atoms with Crippen molar-refractivity contribution < 1.29 is 4.79 Å². The van der Waals surface area contributed by atoms with Gasteiger partial charge in [-0.1, -0.05) is 30.7 Å². The van der Waals surface area contributed by atoms with Crippen molar-refractivity contribution in [2.45, 2.75) is 51.9 Å². The average Bonchev–Trinajstić information content (AvgIpc) is 2.99.